The summed E-state index contributed by atoms with van der Waals surface area (Å²) in [5, 5.41) is 13.4. The second kappa shape index (κ2) is 10.5. The van der Waals surface area contributed by atoms with Crippen molar-refractivity contribution in [2.75, 3.05) is 38.1 Å². The molecule has 0 aliphatic carbocycles. The number of fused-ring (bicyclic) bond motifs is 2. The van der Waals surface area contributed by atoms with Crippen LogP contribution < -0.4 is 10.2 Å². The van der Waals surface area contributed by atoms with Gasteiger partial charge >= 0.3 is 0 Å². The third-order valence-corrected chi connectivity index (χ3v) is 6.81. The number of pyridine rings is 1. The van der Waals surface area contributed by atoms with Gasteiger partial charge in [0.05, 0.1) is 29.5 Å². The maximum Gasteiger partial charge on any atom is 0.234 e. The standard InChI is InChI=1S/C25H38N8O/c1-6-30(4)17-24(34)26-11-8-7-9-12-33-22-10-13-32(16-21(22)19(3)29-33)23-14-18(2)28-25-20(23)15-27-31(25)5/h14-15H,6-13,16-17H2,1-5H3,(H,26,34). The normalized spacial score (nSPS) is 13.6. The van der Waals surface area contributed by atoms with Crippen molar-refractivity contribution < 1.29 is 4.79 Å². The smallest absolute Gasteiger partial charge is 0.234 e. The van der Waals surface area contributed by atoms with Crippen LogP contribution >= 0.6 is 0 Å². The first-order chi connectivity index (χ1) is 16.4. The van der Waals surface area contributed by atoms with E-state index in [4.69, 9.17) is 5.10 Å². The van der Waals surface area contributed by atoms with Crippen LogP contribution in [0.5, 0.6) is 0 Å². The zero-order valence-corrected chi connectivity index (χ0v) is 21.3. The van der Waals surface area contributed by atoms with Crippen LogP contribution in [0.15, 0.2) is 12.3 Å². The number of anilines is 1. The van der Waals surface area contributed by atoms with Crippen molar-refractivity contribution in [2.24, 2.45) is 7.05 Å². The first-order valence-electron chi connectivity index (χ1n) is 12.4. The predicted molar refractivity (Wildman–Crippen MR) is 135 cm³/mol. The minimum atomic E-state index is 0.110. The molecule has 1 aliphatic heterocycles. The summed E-state index contributed by atoms with van der Waals surface area (Å²) < 4.78 is 4.06. The lowest BCUT2D eigenvalue weighted by Crippen LogP contribution is -2.35. The number of aryl methyl sites for hydroxylation is 4. The van der Waals surface area contributed by atoms with Gasteiger partial charge in [-0.2, -0.15) is 10.2 Å². The van der Waals surface area contributed by atoms with E-state index in [0.717, 1.165) is 80.8 Å². The Labute approximate surface area is 202 Å². The Morgan fingerprint density at radius 1 is 1.24 bits per heavy atom. The van der Waals surface area contributed by atoms with Gasteiger partial charge in [-0.25, -0.2) is 4.98 Å². The van der Waals surface area contributed by atoms with Gasteiger partial charge in [-0.1, -0.05) is 6.92 Å². The largest absolute Gasteiger partial charge is 0.366 e. The van der Waals surface area contributed by atoms with Crippen molar-refractivity contribution >= 4 is 22.6 Å². The second-order valence-corrected chi connectivity index (χ2v) is 9.43. The zero-order chi connectivity index (χ0) is 24.2. The molecule has 3 aromatic heterocycles. The van der Waals surface area contributed by atoms with E-state index in [1.54, 1.807) is 0 Å². The number of hydrogen-bond acceptors (Lipinski definition) is 6. The number of hydrogen-bond donors (Lipinski definition) is 1. The van der Waals surface area contributed by atoms with E-state index in [-0.39, 0.29) is 5.91 Å². The van der Waals surface area contributed by atoms with Crippen LogP contribution in [-0.4, -0.2) is 68.6 Å². The molecule has 4 heterocycles. The number of carbonyl (C=O) groups is 1. The molecule has 9 heteroatoms. The second-order valence-electron chi connectivity index (χ2n) is 9.43. The lowest BCUT2D eigenvalue weighted by Gasteiger charge is -2.30. The Kier molecular flexibility index (Phi) is 7.50. The molecule has 0 radical (unpaired) electrons. The van der Waals surface area contributed by atoms with Crippen molar-refractivity contribution in [3.8, 4) is 0 Å². The van der Waals surface area contributed by atoms with Gasteiger partial charge in [0.1, 0.15) is 0 Å². The lowest BCUT2D eigenvalue weighted by atomic mass is 10.0. The Morgan fingerprint density at radius 2 is 2.06 bits per heavy atom. The van der Waals surface area contributed by atoms with Crippen LogP contribution in [-0.2, 0) is 31.4 Å². The van der Waals surface area contributed by atoms with Crippen LogP contribution in [0.2, 0.25) is 0 Å². The molecule has 0 saturated heterocycles. The highest BCUT2D eigenvalue weighted by atomic mass is 16.2. The average Bonchev–Trinajstić information content (AvgIpc) is 3.34. The predicted octanol–water partition coefficient (Wildman–Crippen LogP) is 2.58. The monoisotopic (exact) mass is 466 g/mol. The van der Waals surface area contributed by atoms with Gasteiger partial charge in [0.25, 0.3) is 0 Å². The molecule has 0 bridgehead atoms. The van der Waals surface area contributed by atoms with Crippen LogP contribution in [0.3, 0.4) is 0 Å². The molecule has 1 aliphatic rings. The van der Waals surface area contributed by atoms with E-state index in [1.807, 2.05) is 36.8 Å². The van der Waals surface area contributed by atoms with Gasteiger partial charge in [-0.05, 0) is 52.8 Å². The summed E-state index contributed by atoms with van der Waals surface area (Å²) in [6.45, 7) is 11.1. The minimum absolute atomic E-state index is 0.110. The molecule has 34 heavy (non-hydrogen) atoms. The number of aromatic nitrogens is 5. The fourth-order valence-corrected chi connectivity index (χ4v) is 4.74. The maximum absolute atomic E-state index is 11.9. The molecule has 4 rings (SSSR count). The molecule has 0 fully saturated rings. The van der Waals surface area contributed by atoms with E-state index >= 15 is 0 Å². The fraction of sp³-hybridized carbons (Fsp3) is 0.600. The van der Waals surface area contributed by atoms with E-state index in [1.165, 1.54) is 16.9 Å². The highest BCUT2D eigenvalue weighted by molar-refractivity contribution is 5.89. The van der Waals surface area contributed by atoms with Gasteiger partial charge in [-0.3, -0.25) is 19.1 Å². The molecule has 1 N–H and O–H groups in total. The SMILES string of the molecule is CCN(C)CC(=O)NCCCCCn1nc(C)c2c1CCN(c1cc(C)nc3c1cnn3C)C2. The Bertz CT molecular complexity index is 1150. The van der Waals surface area contributed by atoms with Gasteiger partial charge in [0, 0.05) is 56.6 Å². The number of unbranched alkanes of at least 4 members (excludes halogenated alkanes) is 2. The van der Waals surface area contributed by atoms with Crippen LogP contribution in [0, 0.1) is 13.8 Å². The van der Waals surface area contributed by atoms with Crippen molar-refractivity contribution in [1.29, 1.82) is 0 Å². The Morgan fingerprint density at radius 3 is 2.85 bits per heavy atom. The van der Waals surface area contributed by atoms with E-state index in [0.29, 0.717) is 6.54 Å². The van der Waals surface area contributed by atoms with E-state index < -0.39 is 0 Å². The molecule has 0 atom stereocenters. The third kappa shape index (κ3) is 5.24. The summed E-state index contributed by atoms with van der Waals surface area (Å²) in [5.74, 6) is 0.110. The van der Waals surface area contributed by atoms with Crippen LogP contribution in [0.4, 0.5) is 5.69 Å². The molecular weight excluding hydrogens is 428 g/mol. The van der Waals surface area contributed by atoms with Crippen LogP contribution in [0.1, 0.15) is 48.8 Å². The number of likely N-dealkylation sites (N-methyl/N-ethyl adjacent to an activating group) is 1. The number of rotatable bonds is 10. The zero-order valence-electron chi connectivity index (χ0n) is 21.3. The first kappa shape index (κ1) is 24.2. The maximum atomic E-state index is 11.9. The summed E-state index contributed by atoms with van der Waals surface area (Å²) in [5.41, 5.74) is 7.00. The number of carbonyl (C=O) groups excluding carboxylic acids is 1. The lowest BCUT2D eigenvalue weighted by molar-refractivity contribution is -0.121. The van der Waals surface area contributed by atoms with Gasteiger partial charge < -0.3 is 10.2 Å². The molecule has 0 aromatic carbocycles. The molecule has 0 unspecified atom stereocenters. The minimum Gasteiger partial charge on any atom is -0.366 e. The van der Waals surface area contributed by atoms with Gasteiger partial charge in [0.2, 0.25) is 5.91 Å². The van der Waals surface area contributed by atoms with E-state index in [2.05, 4.69) is 44.9 Å². The Balaban J connectivity index is 1.32. The molecule has 184 valence electrons. The first-order valence-corrected chi connectivity index (χ1v) is 12.4. The molecule has 1 amide bonds. The number of nitrogens with zero attached hydrogens (tertiary/aromatic N) is 7. The highest BCUT2D eigenvalue weighted by Crippen LogP contribution is 2.32. The summed E-state index contributed by atoms with van der Waals surface area (Å²) in [4.78, 5) is 21.0. The van der Waals surface area contributed by atoms with Crippen molar-refractivity contribution in [2.45, 2.75) is 59.5 Å². The number of amides is 1. The van der Waals surface area contributed by atoms with Gasteiger partial charge in [0.15, 0.2) is 5.65 Å². The van der Waals surface area contributed by atoms with Crippen molar-refractivity contribution in [3.63, 3.8) is 0 Å². The fourth-order valence-electron chi connectivity index (χ4n) is 4.74. The Hall–Kier alpha value is -2.94. The van der Waals surface area contributed by atoms with E-state index in [9.17, 15) is 4.79 Å². The highest BCUT2D eigenvalue weighted by Gasteiger charge is 2.25. The third-order valence-electron chi connectivity index (χ3n) is 6.81. The molecule has 3 aromatic rings. The quantitative estimate of drug-likeness (QED) is 0.463. The molecule has 0 saturated carbocycles. The summed E-state index contributed by atoms with van der Waals surface area (Å²) in [6.07, 6.45) is 6.06. The molecule has 0 spiro atoms. The van der Waals surface area contributed by atoms with Crippen LogP contribution in [0.25, 0.3) is 11.0 Å². The van der Waals surface area contributed by atoms with Crippen molar-refractivity contribution in [3.05, 3.63) is 34.9 Å². The topological polar surface area (TPSA) is 84.1 Å². The summed E-state index contributed by atoms with van der Waals surface area (Å²) in [7, 11) is 3.91. The van der Waals surface area contributed by atoms with Crippen molar-refractivity contribution in [1.82, 2.24) is 34.8 Å². The summed E-state index contributed by atoms with van der Waals surface area (Å²) in [6, 6.07) is 2.17. The van der Waals surface area contributed by atoms with Gasteiger partial charge in [-0.15, -0.1) is 0 Å². The average molecular weight is 467 g/mol. The summed E-state index contributed by atoms with van der Waals surface area (Å²) >= 11 is 0. The number of nitrogens with one attached hydrogen (secondary N) is 1. The molecule has 9 nitrogen and oxygen atoms in total. The molecular formula is C25H38N8O.